The van der Waals surface area contributed by atoms with Gasteiger partial charge in [0.15, 0.2) is 0 Å². The largest absolute Gasteiger partial charge is 0.490 e. The molecule has 24 heavy (non-hydrogen) atoms. The minimum Gasteiger partial charge on any atom is -0.490 e. The van der Waals surface area contributed by atoms with Crippen LogP contribution in [-0.4, -0.2) is 31.6 Å². The van der Waals surface area contributed by atoms with Crippen LogP contribution < -0.4 is 10.5 Å². The molecule has 0 radical (unpaired) electrons. The number of nitrogens with two attached hydrogens (primary N) is 1. The molecule has 0 aliphatic carbocycles. The zero-order valence-corrected chi connectivity index (χ0v) is 14.7. The Morgan fingerprint density at radius 1 is 1.04 bits per heavy atom. The molecule has 0 aliphatic heterocycles. The molecule has 0 aliphatic rings. The third-order valence-electron chi connectivity index (χ3n) is 3.59. The zero-order chi connectivity index (χ0) is 17.4. The minimum atomic E-state index is -3.40. The highest BCUT2D eigenvalue weighted by atomic mass is 32.2. The fourth-order valence-corrected chi connectivity index (χ4v) is 3.71. The van der Waals surface area contributed by atoms with E-state index in [2.05, 4.69) is 0 Å². The SMILES string of the molecule is CCCN(Cc1ccccc1)S(=O)(=O)CCOc1ccccc1N. The maximum absolute atomic E-state index is 12.6. The fraction of sp³-hybridized carbons (Fsp3) is 0.333. The first-order valence-electron chi connectivity index (χ1n) is 8.02. The quantitative estimate of drug-likeness (QED) is 0.707. The number of sulfonamides is 1. The second-order valence-corrected chi connectivity index (χ2v) is 7.61. The molecule has 0 unspecified atom stereocenters. The summed E-state index contributed by atoms with van der Waals surface area (Å²) in [5.74, 6) is 0.437. The first kappa shape index (κ1) is 18.3. The Morgan fingerprint density at radius 3 is 2.38 bits per heavy atom. The smallest absolute Gasteiger partial charge is 0.217 e. The molecular formula is C18H24N2O3S. The average Bonchev–Trinajstić information content (AvgIpc) is 2.57. The Kier molecular flexibility index (Phi) is 6.63. The Bertz CT molecular complexity index is 733. The minimum absolute atomic E-state index is 0.0750. The zero-order valence-electron chi connectivity index (χ0n) is 13.9. The van der Waals surface area contributed by atoms with Gasteiger partial charge in [0.2, 0.25) is 10.0 Å². The number of ether oxygens (including phenoxy) is 1. The van der Waals surface area contributed by atoms with E-state index in [0.717, 1.165) is 12.0 Å². The molecule has 2 rings (SSSR count). The normalized spacial score (nSPS) is 11.6. The van der Waals surface area contributed by atoms with Gasteiger partial charge in [-0.2, -0.15) is 4.31 Å². The van der Waals surface area contributed by atoms with Crippen molar-refractivity contribution in [2.24, 2.45) is 0 Å². The molecule has 5 nitrogen and oxygen atoms in total. The van der Waals surface area contributed by atoms with Crippen LogP contribution in [0.5, 0.6) is 5.75 Å². The molecule has 0 fully saturated rings. The number of anilines is 1. The molecular weight excluding hydrogens is 324 g/mol. The fourth-order valence-electron chi connectivity index (χ4n) is 2.35. The molecule has 2 aromatic carbocycles. The number of hydrogen-bond acceptors (Lipinski definition) is 4. The summed E-state index contributed by atoms with van der Waals surface area (Å²) in [4.78, 5) is 0. The first-order chi connectivity index (χ1) is 11.5. The topological polar surface area (TPSA) is 72.6 Å². The van der Waals surface area contributed by atoms with Crippen LogP contribution in [0.25, 0.3) is 0 Å². The van der Waals surface area contributed by atoms with E-state index < -0.39 is 10.0 Å². The second kappa shape index (κ2) is 8.70. The molecule has 0 saturated carbocycles. The first-order valence-corrected chi connectivity index (χ1v) is 9.63. The van der Waals surface area contributed by atoms with E-state index in [1.54, 1.807) is 18.2 Å². The summed E-state index contributed by atoms with van der Waals surface area (Å²) < 4.78 is 32.3. The summed E-state index contributed by atoms with van der Waals surface area (Å²) in [6, 6.07) is 16.7. The van der Waals surface area contributed by atoms with Gasteiger partial charge in [-0.05, 0) is 24.1 Å². The molecule has 0 saturated heterocycles. The lowest BCUT2D eigenvalue weighted by Crippen LogP contribution is -2.35. The number of nitrogen functional groups attached to an aromatic ring is 1. The Balaban J connectivity index is 1.98. The van der Waals surface area contributed by atoms with Crippen LogP contribution in [0.2, 0.25) is 0 Å². The lowest BCUT2D eigenvalue weighted by Gasteiger charge is -2.22. The number of rotatable bonds is 9. The van der Waals surface area contributed by atoms with Crippen LogP contribution in [0.15, 0.2) is 54.6 Å². The summed E-state index contributed by atoms with van der Waals surface area (Å²) in [5.41, 5.74) is 7.27. The highest BCUT2D eigenvalue weighted by molar-refractivity contribution is 7.89. The van der Waals surface area contributed by atoms with Crippen molar-refractivity contribution in [3.8, 4) is 5.75 Å². The summed E-state index contributed by atoms with van der Waals surface area (Å²) in [6.07, 6.45) is 0.762. The van der Waals surface area contributed by atoms with Crippen LogP contribution in [0.1, 0.15) is 18.9 Å². The number of benzene rings is 2. The highest BCUT2D eigenvalue weighted by Crippen LogP contribution is 2.20. The van der Waals surface area contributed by atoms with E-state index in [0.29, 0.717) is 24.5 Å². The Hall–Kier alpha value is -2.05. The van der Waals surface area contributed by atoms with Gasteiger partial charge in [-0.15, -0.1) is 0 Å². The van der Waals surface area contributed by atoms with Crippen molar-refractivity contribution in [3.05, 3.63) is 60.2 Å². The van der Waals surface area contributed by atoms with E-state index in [-0.39, 0.29) is 12.4 Å². The molecule has 2 aromatic rings. The number of nitrogens with zero attached hydrogens (tertiary/aromatic N) is 1. The predicted molar refractivity (Wildman–Crippen MR) is 97.3 cm³/mol. The van der Waals surface area contributed by atoms with Crippen molar-refractivity contribution in [1.29, 1.82) is 0 Å². The van der Waals surface area contributed by atoms with Crippen LogP contribution in [-0.2, 0) is 16.6 Å². The molecule has 6 heteroatoms. The van der Waals surface area contributed by atoms with E-state index >= 15 is 0 Å². The van der Waals surface area contributed by atoms with Crippen molar-refractivity contribution >= 4 is 15.7 Å². The lowest BCUT2D eigenvalue weighted by molar-refractivity contribution is 0.334. The molecule has 0 aromatic heterocycles. The standard InChI is InChI=1S/C18H24N2O3S/c1-2-12-20(15-16-8-4-3-5-9-16)24(21,22)14-13-23-18-11-7-6-10-17(18)19/h3-11H,2,12-15,19H2,1H3. The summed E-state index contributed by atoms with van der Waals surface area (Å²) in [5, 5.41) is 0. The van der Waals surface area contributed by atoms with Gasteiger partial charge in [0.1, 0.15) is 12.4 Å². The highest BCUT2D eigenvalue weighted by Gasteiger charge is 2.21. The summed E-state index contributed by atoms with van der Waals surface area (Å²) >= 11 is 0. The molecule has 0 amide bonds. The molecule has 0 bridgehead atoms. The average molecular weight is 348 g/mol. The molecule has 2 N–H and O–H groups in total. The van der Waals surface area contributed by atoms with E-state index in [9.17, 15) is 8.42 Å². The van der Waals surface area contributed by atoms with Crippen molar-refractivity contribution in [1.82, 2.24) is 4.31 Å². The van der Waals surface area contributed by atoms with Crippen molar-refractivity contribution < 1.29 is 13.2 Å². The van der Waals surface area contributed by atoms with E-state index in [1.807, 2.05) is 43.3 Å². The van der Waals surface area contributed by atoms with Gasteiger partial charge in [-0.1, -0.05) is 49.4 Å². The van der Waals surface area contributed by atoms with E-state index in [1.165, 1.54) is 4.31 Å². The monoisotopic (exact) mass is 348 g/mol. The van der Waals surface area contributed by atoms with Gasteiger partial charge >= 0.3 is 0 Å². The predicted octanol–water partition coefficient (Wildman–Crippen LogP) is 2.89. The molecule has 0 atom stereocenters. The number of para-hydroxylation sites is 2. The van der Waals surface area contributed by atoms with Gasteiger partial charge in [-0.25, -0.2) is 8.42 Å². The van der Waals surface area contributed by atoms with Gasteiger partial charge < -0.3 is 10.5 Å². The summed E-state index contributed by atoms with van der Waals surface area (Å²) in [6.45, 7) is 2.91. The van der Waals surface area contributed by atoms with E-state index in [4.69, 9.17) is 10.5 Å². The van der Waals surface area contributed by atoms with Crippen LogP contribution in [0, 0.1) is 0 Å². The van der Waals surface area contributed by atoms with Gasteiger partial charge in [0.25, 0.3) is 0 Å². The Morgan fingerprint density at radius 2 is 1.71 bits per heavy atom. The van der Waals surface area contributed by atoms with Crippen molar-refractivity contribution in [2.45, 2.75) is 19.9 Å². The van der Waals surface area contributed by atoms with Crippen LogP contribution >= 0.6 is 0 Å². The molecule has 0 heterocycles. The van der Waals surface area contributed by atoms with Crippen molar-refractivity contribution in [2.75, 3.05) is 24.6 Å². The second-order valence-electron chi connectivity index (χ2n) is 5.52. The lowest BCUT2D eigenvalue weighted by atomic mass is 10.2. The third-order valence-corrected chi connectivity index (χ3v) is 5.37. The van der Waals surface area contributed by atoms with Crippen LogP contribution in [0.4, 0.5) is 5.69 Å². The Labute approximate surface area is 144 Å². The summed E-state index contributed by atoms with van der Waals surface area (Å²) in [7, 11) is -3.40. The van der Waals surface area contributed by atoms with Gasteiger partial charge in [0, 0.05) is 13.1 Å². The number of hydrogen-bond donors (Lipinski definition) is 1. The van der Waals surface area contributed by atoms with Crippen molar-refractivity contribution in [3.63, 3.8) is 0 Å². The van der Waals surface area contributed by atoms with Gasteiger partial charge in [0.05, 0.1) is 11.4 Å². The maximum atomic E-state index is 12.6. The molecule has 0 spiro atoms. The van der Waals surface area contributed by atoms with Crippen LogP contribution in [0.3, 0.4) is 0 Å². The van der Waals surface area contributed by atoms with Gasteiger partial charge in [-0.3, -0.25) is 0 Å². The third kappa shape index (κ3) is 5.25. The maximum Gasteiger partial charge on any atom is 0.217 e. The molecule has 130 valence electrons.